The van der Waals surface area contributed by atoms with Gasteiger partial charge < -0.3 is 9.84 Å². The molecule has 0 saturated heterocycles. The highest BCUT2D eigenvalue weighted by Crippen LogP contribution is 2.38. The van der Waals surface area contributed by atoms with Gasteiger partial charge in [-0.05, 0) is 71.5 Å². The third kappa shape index (κ3) is 3.48. The first-order chi connectivity index (χ1) is 14.4. The summed E-state index contributed by atoms with van der Waals surface area (Å²) in [4.78, 5) is 12.5. The molecule has 1 atom stereocenters. The fourth-order valence-electron chi connectivity index (χ4n) is 4.25. The molecule has 0 spiro atoms. The Morgan fingerprint density at radius 2 is 2.10 bits per heavy atom. The van der Waals surface area contributed by atoms with Crippen molar-refractivity contribution in [1.29, 1.82) is 0 Å². The monoisotopic (exact) mass is 423 g/mol. The van der Waals surface area contributed by atoms with E-state index in [-0.39, 0.29) is 24.9 Å². The molecule has 2 aromatic heterocycles. The molecule has 0 radical (unpaired) electrons. The topological polar surface area (TPSA) is 77.2 Å². The fourth-order valence-corrected chi connectivity index (χ4v) is 5.14. The Morgan fingerprint density at radius 3 is 2.83 bits per heavy atom. The van der Waals surface area contributed by atoms with E-state index in [0.29, 0.717) is 6.61 Å². The average Bonchev–Trinajstić information content (AvgIpc) is 3.35. The van der Waals surface area contributed by atoms with E-state index in [9.17, 15) is 9.90 Å². The largest absolute Gasteiger partial charge is 0.466 e. The summed E-state index contributed by atoms with van der Waals surface area (Å²) in [7, 11) is 1.88. The number of benzene rings is 2. The Kier molecular flexibility index (Phi) is 5.58. The maximum absolute atomic E-state index is 12.5. The van der Waals surface area contributed by atoms with Gasteiger partial charge in [0, 0.05) is 17.7 Å². The molecule has 0 unspecified atom stereocenters. The first-order valence-corrected chi connectivity index (χ1v) is 10.9. The SMILES string of the molecule is CCOC(=O)C[C@@H](c1cc(CO)c2sccc2c1)c1cc(C)c2c(nnn2C)c1C. The van der Waals surface area contributed by atoms with Crippen LogP contribution in [-0.4, -0.2) is 32.7 Å². The van der Waals surface area contributed by atoms with Crippen molar-refractivity contribution in [3.8, 4) is 0 Å². The van der Waals surface area contributed by atoms with E-state index >= 15 is 0 Å². The zero-order valence-electron chi connectivity index (χ0n) is 17.6. The van der Waals surface area contributed by atoms with Crippen LogP contribution in [0.15, 0.2) is 29.6 Å². The molecule has 7 heteroatoms. The number of fused-ring (bicyclic) bond motifs is 2. The lowest BCUT2D eigenvalue weighted by molar-refractivity contribution is -0.143. The molecule has 0 aliphatic heterocycles. The van der Waals surface area contributed by atoms with E-state index in [2.05, 4.69) is 22.4 Å². The normalized spacial score (nSPS) is 12.6. The van der Waals surface area contributed by atoms with Gasteiger partial charge >= 0.3 is 5.97 Å². The number of nitrogens with zero attached hydrogens (tertiary/aromatic N) is 3. The third-order valence-electron chi connectivity index (χ3n) is 5.64. The van der Waals surface area contributed by atoms with Gasteiger partial charge in [0.1, 0.15) is 5.52 Å². The number of aliphatic hydroxyl groups is 1. The standard InChI is InChI=1S/C23H25N3O3S/c1-5-29-20(28)11-19(16-9-15-6-7-30-23(15)17(10-16)12-27)18-8-13(2)22-21(14(18)3)24-25-26(22)4/h6-10,19,27H,5,11-12H2,1-4H3/t19-/m0/s1. The highest BCUT2D eigenvalue weighted by Gasteiger charge is 2.25. The Hall–Kier alpha value is -2.77. The lowest BCUT2D eigenvalue weighted by Crippen LogP contribution is -2.13. The highest BCUT2D eigenvalue weighted by atomic mass is 32.1. The summed E-state index contributed by atoms with van der Waals surface area (Å²) in [5.41, 5.74) is 6.81. The van der Waals surface area contributed by atoms with Crippen molar-refractivity contribution in [3.05, 3.63) is 57.5 Å². The molecule has 156 valence electrons. The molecule has 0 aliphatic carbocycles. The molecule has 0 saturated carbocycles. The van der Waals surface area contributed by atoms with Gasteiger partial charge in [0.25, 0.3) is 0 Å². The van der Waals surface area contributed by atoms with Gasteiger partial charge in [0.15, 0.2) is 0 Å². The zero-order valence-corrected chi connectivity index (χ0v) is 18.4. The maximum atomic E-state index is 12.5. The predicted molar refractivity (Wildman–Crippen MR) is 119 cm³/mol. The Labute approximate surface area is 179 Å². The van der Waals surface area contributed by atoms with Crippen LogP contribution < -0.4 is 0 Å². The zero-order chi connectivity index (χ0) is 21.4. The molecule has 0 amide bonds. The average molecular weight is 424 g/mol. The minimum Gasteiger partial charge on any atom is -0.466 e. The number of aliphatic hydroxyl groups excluding tert-OH is 1. The van der Waals surface area contributed by atoms with Crippen LogP contribution in [0.1, 0.15) is 47.1 Å². The number of esters is 1. The first kappa shape index (κ1) is 20.5. The van der Waals surface area contributed by atoms with Gasteiger partial charge in [-0.25, -0.2) is 4.68 Å². The molecule has 0 fully saturated rings. The molecule has 2 heterocycles. The van der Waals surface area contributed by atoms with Crippen molar-refractivity contribution >= 4 is 38.4 Å². The van der Waals surface area contributed by atoms with Crippen molar-refractivity contribution in [2.24, 2.45) is 7.05 Å². The summed E-state index contributed by atoms with van der Waals surface area (Å²) < 4.78 is 8.15. The van der Waals surface area contributed by atoms with Crippen molar-refractivity contribution in [1.82, 2.24) is 15.0 Å². The number of thiophene rings is 1. The third-order valence-corrected chi connectivity index (χ3v) is 6.64. The lowest BCUT2D eigenvalue weighted by atomic mass is 9.83. The predicted octanol–water partition coefficient (Wildman–Crippen LogP) is 4.38. The summed E-state index contributed by atoms with van der Waals surface area (Å²) in [5.74, 6) is -0.446. The number of hydrogen-bond donors (Lipinski definition) is 1. The molecular formula is C23H25N3O3S. The van der Waals surface area contributed by atoms with Crippen LogP contribution in [0.25, 0.3) is 21.1 Å². The van der Waals surface area contributed by atoms with Crippen LogP contribution in [0.3, 0.4) is 0 Å². The molecule has 0 bridgehead atoms. The minimum absolute atomic E-state index is 0.0435. The lowest BCUT2D eigenvalue weighted by Gasteiger charge is -2.21. The number of ether oxygens (including phenoxy) is 1. The first-order valence-electron chi connectivity index (χ1n) is 10.0. The van der Waals surface area contributed by atoms with Crippen LogP contribution in [0.5, 0.6) is 0 Å². The van der Waals surface area contributed by atoms with E-state index in [0.717, 1.165) is 48.9 Å². The number of aryl methyl sites for hydroxylation is 3. The highest BCUT2D eigenvalue weighted by molar-refractivity contribution is 7.17. The molecule has 6 nitrogen and oxygen atoms in total. The van der Waals surface area contributed by atoms with Gasteiger partial charge in [-0.3, -0.25) is 4.79 Å². The van der Waals surface area contributed by atoms with Gasteiger partial charge in [-0.1, -0.05) is 17.3 Å². The number of aromatic nitrogens is 3. The number of hydrogen-bond acceptors (Lipinski definition) is 6. The van der Waals surface area contributed by atoms with Gasteiger partial charge in [-0.15, -0.1) is 16.4 Å². The molecule has 1 N–H and O–H groups in total. The van der Waals surface area contributed by atoms with E-state index < -0.39 is 0 Å². The molecule has 4 aromatic rings. The molecule has 0 aliphatic rings. The summed E-state index contributed by atoms with van der Waals surface area (Å²) >= 11 is 1.61. The van der Waals surface area contributed by atoms with E-state index in [1.807, 2.05) is 45.3 Å². The number of carbonyl (C=O) groups excluding carboxylic acids is 1. The summed E-state index contributed by atoms with van der Waals surface area (Å²) in [6.45, 7) is 6.18. The second-order valence-corrected chi connectivity index (χ2v) is 8.47. The van der Waals surface area contributed by atoms with E-state index in [4.69, 9.17) is 4.74 Å². The molecule has 30 heavy (non-hydrogen) atoms. The van der Waals surface area contributed by atoms with Crippen molar-refractivity contribution in [2.45, 2.75) is 39.7 Å². The summed E-state index contributed by atoms with van der Waals surface area (Å²) in [6, 6.07) is 8.30. The number of rotatable bonds is 6. The van der Waals surface area contributed by atoms with Crippen LogP contribution in [0, 0.1) is 13.8 Å². The molecular weight excluding hydrogens is 398 g/mol. The van der Waals surface area contributed by atoms with Crippen LogP contribution in [0.4, 0.5) is 0 Å². The van der Waals surface area contributed by atoms with Crippen molar-refractivity contribution in [3.63, 3.8) is 0 Å². The number of carbonyl (C=O) groups is 1. The fraction of sp³-hybridized carbons (Fsp3) is 0.348. The Morgan fingerprint density at radius 1 is 1.30 bits per heavy atom. The quantitative estimate of drug-likeness (QED) is 0.466. The van der Waals surface area contributed by atoms with Crippen LogP contribution in [-0.2, 0) is 23.2 Å². The second-order valence-electron chi connectivity index (χ2n) is 7.56. The van der Waals surface area contributed by atoms with Gasteiger partial charge in [0.2, 0.25) is 0 Å². The minimum atomic E-state index is -0.241. The van der Waals surface area contributed by atoms with Crippen molar-refractivity contribution < 1.29 is 14.6 Å². The Bertz CT molecular complexity index is 1240. The second kappa shape index (κ2) is 8.16. The van der Waals surface area contributed by atoms with E-state index in [1.54, 1.807) is 16.0 Å². The molecule has 4 rings (SSSR count). The summed E-state index contributed by atoms with van der Waals surface area (Å²) in [5, 5.41) is 21.6. The Balaban J connectivity index is 1.93. The van der Waals surface area contributed by atoms with E-state index in [1.165, 1.54) is 0 Å². The van der Waals surface area contributed by atoms with Crippen LogP contribution in [0.2, 0.25) is 0 Å². The molecule has 2 aromatic carbocycles. The van der Waals surface area contributed by atoms with Gasteiger partial charge in [0.05, 0.1) is 25.2 Å². The van der Waals surface area contributed by atoms with Crippen LogP contribution >= 0.6 is 11.3 Å². The smallest absolute Gasteiger partial charge is 0.306 e. The van der Waals surface area contributed by atoms with Crippen molar-refractivity contribution in [2.75, 3.05) is 6.61 Å². The summed E-state index contributed by atoms with van der Waals surface area (Å²) in [6.07, 6.45) is 0.223. The maximum Gasteiger partial charge on any atom is 0.306 e. The van der Waals surface area contributed by atoms with Gasteiger partial charge in [-0.2, -0.15) is 0 Å².